The van der Waals surface area contributed by atoms with Gasteiger partial charge in [-0.2, -0.15) is 0 Å². The van der Waals surface area contributed by atoms with Crippen molar-refractivity contribution in [2.75, 3.05) is 32.8 Å². The molecule has 0 unspecified atom stereocenters. The van der Waals surface area contributed by atoms with E-state index >= 15 is 0 Å². The summed E-state index contributed by atoms with van der Waals surface area (Å²) in [7, 11) is 0. The summed E-state index contributed by atoms with van der Waals surface area (Å²) in [6.45, 7) is 7.20. The number of thiazole rings is 1. The Morgan fingerprint density at radius 1 is 1.27 bits per heavy atom. The molecular formula is C14H21N3O4S. The zero-order valence-corrected chi connectivity index (χ0v) is 13.7. The molecule has 1 fully saturated rings. The van der Waals surface area contributed by atoms with E-state index < -0.39 is 0 Å². The van der Waals surface area contributed by atoms with Crippen LogP contribution < -0.4 is 4.87 Å². The Kier molecular flexibility index (Phi) is 5.73. The molecule has 0 aliphatic carbocycles. The van der Waals surface area contributed by atoms with E-state index in [0.717, 1.165) is 29.3 Å². The van der Waals surface area contributed by atoms with Crippen LogP contribution in [0.1, 0.15) is 24.4 Å². The fourth-order valence-corrected chi connectivity index (χ4v) is 3.33. The van der Waals surface area contributed by atoms with Crippen molar-refractivity contribution in [2.45, 2.75) is 26.8 Å². The number of ether oxygens (including phenoxy) is 1. The highest BCUT2D eigenvalue weighted by molar-refractivity contribution is 7.09. The monoisotopic (exact) mass is 327 g/mol. The Labute approximate surface area is 132 Å². The Morgan fingerprint density at radius 2 is 1.95 bits per heavy atom. The molecule has 8 heteroatoms. The molecular weight excluding hydrogens is 306 g/mol. The maximum absolute atomic E-state index is 11.6. The van der Waals surface area contributed by atoms with Gasteiger partial charge in [0.25, 0.3) is 0 Å². The second kappa shape index (κ2) is 7.55. The average molecular weight is 327 g/mol. The number of nitrogens with one attached hydrogen (secondary N) is 1. The number of nitrogens with zero attached hydrogens (tertiary/aromatic N) is 2. The molecule has 7 nitrogen and oxygen atoms in total. The molecule has 0 aromatic carbocycles. The van der Waals surface area contributed by atoms with Crippen molar-refractivity contribution in [2.24, 2.45) is 0 Å². The molecule has 0 bridgehead atoms. The molecule has 0 spiro atoms. The summed E-state index contributed by atoms with van der Waals surface area (Å²) in [6, 6.07) is 0. The van der Waals surface area contributed by atoms with Gasteiger partial charge < -0.3 is 14.6 Å². The van der Waals surface area contributed by atoms with E-state index in [9.17, 15) is 14.4 Å². The lowest BCUT2D eigenvalue weighted by molar-refractivity contribution is -0.142. The standard InChI is InChI=1S/C14H21N3O4S/c1-3-21-13(19)8-11-12(22-14(20)15-11)9-16-4-6-17(7-5-16)10(2)18/h3-9H2,1-2H3,(H,15,20). The van der Waals surface area contributed by atoms with Gasteiger partial charge in [0.2, 0.25) is 5.91 Å². The molecule has 1 aliphatic heterocycles. The van der Waals surface area contributed by atoms with Crippen LogP contribution in [0.5, 0.6) is 0 Å². The first-order valence-corrected chi connectivity index (χ1v) is 8.15. The van der Waals surface area contributed by atoms with Gasteiger partial charge in [0.05, 0.1) is 13.0 Å². The summed E-state index contributed by atoms with van der Waals surface area (Å²) >= 11 is 1.13. The Morgan fingerprint density at radius 3 is 2.55 bits per heavy atom. The molecule has 122 valence electrons. The van der Waals surface area contributed by atoms with Gasteiger partial charge in [-0.25, -0.2) is 0 Å². The first kappa shape index (κ1) is 16.7. The topological polar surface area (TPSA) is 82.7 Å². The van der Waals surface area contributed by atoms with Crippen LogP contribution in [0.25, 0.3) is 0 Å². The maximum atomic E-state index is 11.6. The predicted molar refractivity (Wildman–Crippen MR) is 82.8 cm³/mol. The summed E-state index contributed by atoms with van der Waals surface area (Å²) in [5, 5.41) is 0. The minimum absolute atomic E-state index is 0.0916. The molecule has 1 aromatic heterocycles. The highest BCUT2D eigenvalue weighted by Crippen LogP contribution is 2.15. The van der Waals surface area contributed by atoms with Gasteiger partial charge in [0.15, 0.2) is 0 Å². The van der Waals surface area contributed by atoms with Crippen LogP contribution in [0.3, 0.4) is 0 Å². The third-order valence-corrected chi connectivity index (χ3v) is 4.53. The van der Waals surface area contributed by atoms with E-state index in [2.05, 4.69) is 9.88 Å². The Bertz CT molecular complexity index is 587. The van der Waals surface area contributed by atoms with Crippen LogP contribution in [0.15, 0.2) is 4.79 Å². The average Bonchev–Trinajstić information content (AvgIpc) is 2.79. The molecule has 2 rings (SSSR count). The van der Waals surface area contributed by atoms with E-state index in [4.69, 9.17) is 4.74 Å². The number of amides is 1. The SMILES string of the molecule is CCOC(=O)Cc1[nH]c(=O)sc1CN1CCN(C(C)=O)CC1. The van der Waals surface area contributed by atoms with Gasteiger partial charge >= 0.3 is 10.8 Å². The number of carbonyl (C=O) groups excluding carboxylic acids is 2. The predicted octanol–water partition coefficient (Wildman–Crippen LogP) is 0.206. The van der Waals surface area contributed by atoms with E-state index in [1.807, 2.05) is 4.90 Å². The van der Waals surface area contributed by atoms with Crippen molar-refractivity contribution in [1.29, 1.82) is 0 Å². The number of carbonyl (C=O) groups is 2. The third kappa shape index (κ3) is 4.41. The number of rotatable bonds is 5. The second-order valence-corrected chi connectivity index (χ2v) is 6.25. The zero-order valence-electron chi connectivity index (χ0n) is 12.9. The fraction of sp³-hybridized carbons (Fsp3) is 0.643. The van der Waals surface area contributed by atoms with Gasteiger partial charge in [0, 0.05) is 50.2 Å². The van der Waals surface area contributed by atoms with E-state index in [0.29, 0.717) is 31.9 Å². The number of piperazine rings is 1. The van der Waals surface area contributed by atoms with E-state index in [1.54, 1.807) is 13.8 Å². The number of esters is 1. The third-order valence-electron chi connectivity index (χ3n) is 3.62. The largest absolute Gasteiger partial charge is 0.466 e. The van der Waals surface area contributed by atoms with E-state index in [-0.39, 0.29) is 23.2 Å². The molecule has 1 amide bonds. The number of hydrogen-bond donors (Lipinski definition) is 1. The number of H-pyrrole nitrogens is 1. The molecule has 1 aliphatic rings. The molecule has 0 saturated carbocycles. The van der Waals surface area contributed by atoms with Gasteiger partial charge in [-0.1, -0.05) is 11.3 Å². The number of aromatic amines is 1. The van der Waals surface area contributed by atoms with Crippen molar-refractivity contribution in [3.8, 4) is 0 Å². The van der Waals surface area contributed by atoms with Crippen LogP contribution in [-0.2, 0) is 27.3 Å². The van der Waals surface area contributed by atoms with Crippen molar-refractivity contribution in [3.63, 3.8) is 0 Å². The second-order valence-electron chi connectivity index (χ2n) is 5.18. The van der Waals surface area contributed by atoms with Gasteiger partial charge in [-0.3, -0.25) is 19.3 Å². The van der Waals surface area contributed by atoms with Crippen molar-refractivity contribution in [3.05, 3.63) is 20.2 Å². The number of aromatic nitrogens is 1. The Balaban J connectivity index is 1.97. The first-order chi connectivity index (χ1) is 10.5. The minimum atomic E-state index is -0.334. The summed E-state index contributed by atoms with van der Waals surface area (Å²) in [5.74, 6) is -0.242. The quantitative estimate of drug-likeness (QED) is 0.782. The van der Waals surface area contributed by atoms with Crippen LogP contribution in [0.4, 0.5) is 0 Å². The maximum Gasteiger partial charge on any atom is 0.311 e. The molecule has 1 saturated heterocycles. The lowest BCUT2D eigenvalue weighted by Crippen LogP contribution is -2.47. The van der Waals surface area contributed by atoms with Crippen LogP contribution in [0.2, 0.25) is 0 Å². The summed E-state index contributed by atoms with van der Waals surface area (Å²) in [4.78, 5) is 41.9. The van der Waals surface area contributed by atoms with Crippen molar-refractivity contribution in [1.82, 2.24) is 14.8 Å². The molecule has 2 heterocycles. The summed E-state index contributed by atoms with van der Waals surface area (Å²) in [6.07, 6.45) is 0.0926. The van der Waals surface area contributed by atoms with Crippen LogP contribution >= 0.6 is 11.3 Å². The molecule has 0 atom stereocenters. The van der Waals surface area contributed by atoms with Crippen molar-refractivity contribution < 1.29 is 14.3 Å². The smallest absolute Gasteiger partial charge is 0.311 e. The lowest BCUT2D eigenvalue weighted by atomic mass is 10.2. The molecule has 1 aromatic rings. The minimum Gasteiger partial charge on any atom is -0.466 e. The van der Waals surface area contributed by atoms with Gasteiger partial charge in [0.1, 0.15) is 0 Å². The molecule has 1 N–H and O–H groups in total. The summed E-state index contributed by atoms with van der Waals surface area (Å²) in [5.41, 5.74) is 0.641. The van der Waals surface area contributed by atoms with Crippen molar-refractivity contribution >= 4 is 23.2 Å². The molecule has 22 heavy (non-hydrogen) atoms. The van der Waals surface area contributed by atoms with E-state index in [1.165, 1.54) is 0 Å². The Hall–Kier alpha value is -1.67. The highest BCUT2D eigenvalue weighted by Gasteiger charge is 2.21. The highest BCUT2D eigenvalue weighted by atomic mass is 32.1. The first-order valence-electron chi connectivity index (χ1n) is 7.34. The lowest BCUT2D eigenvalue weighted by Gasteiger charge is -2.33. The summed E-state index contributed by atoms with van der Waals surface area (Å²) < 4.78 is 4.93. The van der Waals surface area contributed by atoms with Crippen LogP contribution in [0, 0.1) is 0 Å². The van der Waals surface area contributed by atoms with Crippen LogP contribution in [-0.4, -0.2) is 59.4 Å². The normalized spacial score (nSPS) is 15.8. The fourth-order valence-electron chi connectivity index (χ4n) is 2.44. The molecule has 0 radical (unpaired) electrons. The zero-order chi connectivity index (χ0) is 16.1. The number of hydrogen-bond acceptors (Lipinski definition) is 6. The van der Waals surface area contributed by atoms with Gasteiger partial charge in [-0.05, 0) is 6.92 Å². The van der Waals surface area contributed by atoms with Gasteiger partial charge in [-0.15, -0.1) is 0 Å².